The van der Waals surface area contributed by atoms with Crippen LogP contribution in [0.3, 0.4) is 0 Å². The zero-order valence-electron chi connectivity index (χ0n) is 14.3. The second kappa shape index (κ2) is 7.96. The fourth-order valence-corrected chi connectivity index (χ4v) is 3.94. The van der Waals surface area contributed by atoms with Crippen molar-refractivity contribution in [2.45, 2.75) is 44.6 Å². The molecule has 3 heterocycles. The summed E-state index contributed by atoms with van der Waals surface area (Å²) in [5.41, 5.74) is 0. The number of nitrogens with one attached hydrogen (secondary N) is 1. The third-order valence-electron chi connectivity index (χ3n) is 5.28. The molecule has 1 N–H and O–H groups in total. The van der Waals surface area contributed by atoms with Gasteiger partial charge in [-0.1, -0.05) is 12.8 Å². The van der Waals surface area contributed by atoms with Crippen molar-refractivity contribution in [1.82, 2.24) is 20.0 Å². The van der Waals surface area contributed by atoms with Gasteiger partial charge in [-0.25, -0.2) is 0 Å². The molecule has 134 valence electrons. The van der Waals surface area contributed by atoms with Crippen LogP contribution < -0.4 is 5.32 Å². The van der Waals surface area contributed by atoms with Crippen molar-refractivity contribution >= 4 is 17.7 Å². The standard InChI is InChI=1S/C17H28N4O3/c22-15(18-7-11-19-8-3-1-2-4-9-19)12-20-13-16(23)21-10-5-6-14(21)17(20)24/h14H,1-13H2,(H,18,22). The molecular weight excluding hydrogens is 308 g/mol. The Morgan fingerprint density at radius 3 is 2.54 bits per heavy atom. The number of carbonyl (C=O) groups excluding carboxylic acids is 3. The van der Waals surface area contributed by atoms with Crippen molar-refractivity contribution in [2.24, 2.45) is 0 Å². The van der Waals surface area contributed by atoms with Crippen molar-refractivity contribution in [1.29, 1.82) is 0 Å². The van der Waals surface area contributed by atoms with Crippen molar-refractivity contribution < 1.29 is 14.4 Å². The molecule has 0 aromatic heterocycles. The van der Waals surface area contributed by atoms with Gasteiger partial charge >= 0.3 is 0 Å². The monoisotopic (exact) mass is 336 g/mol. The highest BCUT2D eigenvalue weighted by Gasteiger charge is 2.42. The molecule has 3 saturated heterocycles. The topological polar surface area (TPSA) is 73.0 Å². The number of hydrogen-bond donors (Lipinski definition) is 1. The largest absolute Gasteiger partial charge is 0.353 e. The van der Waals surface area contributed by atoms with E-state index in [0.29, 0.717) is 13.1 Å². The maximum Gasteiger partial charge on any atom is 0.246 e. The Balaban J connectivity index is 1.41. The summed E-state index contributed by atoms with van der Waals surface area (Å²) in [6, 6.07) is -0.337. The highest BCUT2D eigenvalue weighted by molar-refractivity contribution is 5.97. The molecule has 3 rings (SSSR count). The fourth-order valence-electron chi connectivity index (χ4n) is 3.94. The highest BCUT2D eigenvalue weighted by Crippen LogP contribution is 2.23. The van der Waals surface area contributed by atoms with E-state index < -0.39 is 0 Å². The minimum atomic E-state index is -0.337. The molecule has 0 saturated carbocycles. The molecule has 0 bridgehead atoms. The van der Waals surface area contributed by atoms with Crippen LogP contribution >= 0.6 is 0 Å². The molecule has 24 heavy (non-hydrogen) atoms. The number of hydrogen-bond acceptors (Lipinski definition) is 4. The minimum absolute atomic E-state index is 0.00505. The predicted octanol–water partition coefficient (Wildman–Crippen LogP) is -0.188. The average Bonchev–Trinajstić information content (AvgIpc) is 2.92. The summed E-state index contributed by atoms with van der Waals surface area (Å²) in [5.74, 6) is -0.276. The maximum absolute atomic E-state index is 12.4. The zero-order chi connectivity index (χ0) is 16.9. The summed E-state index contributed by atoms with van der Waals surface area (Å²) in [4.78, 5) is 42.0. The summed E-state index contributed by atoms with van der Waals surface area (Å²) in [6.07, 6.45) is 6.65. The Morgan fingerprint density at radius 1 is 1.04 bits per heavy atom. The number of likely N-dealkylation sites (tertiary alicyclic amines) is 1. The van der Waals surface area contributed by atoms with Crippen molar-refractivity contribution in [2.75, 3.05) is 45.8 Å². The Hall–Kier alpha value is -1.63. The van der Waals surface area contributed by atoms with Crippen molar-refractivity contribution in [3.05, 3.63) is 0 Å². The summed E-state index contributed by atoms with van der Waals surface area (Å²) < 4.78 is 0. The van der Waals surface area contributed by atoms with E-state index in [1.807, 2.05) is 0 Å². The van der Waals surface area contributed by atoms with Gasteiger partial charge in [0.15, 0.2) is 0 Å². The van der Waals surface area contributed by atoms with Crippen molar-refractivity contribution in [3.63, 3.8) is 0 Å². The molecule has 7 heteroatoms. The normalized spacial score (nSPS) is 25.6. The second-order valence-electron chi connectivity index (χ2n) is 7.05. The minimum Gasteiger partial charge on any atom is -0.353 e. The molecule has 0 spiro atoms. The first-order valence-electron chi connectivity index (χ1n) is 9.22. The molecule has 3 fully saturated rings. The smallest absolute Gasteiger partial charge is 0.246 e. The van der Waals surface area contributed by atoms with Gasteiger partial charge in [-0.3, -0.25) is 14.4 Å². The molecule has 1 atom stereocenters. The van der Waals surface area contributed by atoms with E-state index in [1.54, 1.807) is 4.90 Å². The molecule has 1 unspecified atom stereocenters. The van der Waals surface area contributed by atoms with E-state index in [-0.39, 0.29) is 36.9 Å². The third kappa shape index (κ3) is 4.06. The molecule has 3 amide bonds. The van der Waals surface area contributed by atoms with Gasteiger partial charge in [-0.2, -0.15) is 0 Å². The van der Waals surface area contributed by atoms with Crippen LogP contribution in [-0.4, -0.2) is 84.3 Å². The Bertz CT molecular complexity index is 488. The van der Waals surface area contributed by atoms with E-state index in [4.69, 9.17) is 0 Å². The van der Waals surface area contributed by atoms with Crippen LogP contribution in [0.15, 0.2) is 0 Å². The van der Waals surface area contributed by atoms with E-state index >= 15 is 0 Å². The van der Waals surface area contributed by atoms with Crippen LogP contribution in [0.1, 0.15) is 38.5 Å². The number of nitrogens with zero attached hydrogens (tertiary/aromatic N) is 3. The quantitative estimate of drug-likeness (QED) is 0.755. The molecule has 0 aliphatic carbocycles. The summed E-state index contributed by atoms with van der Waals surface area (Å²) >= 11 is 0. The predicted molar refractivity (Wildman–Crippen MR) is 89.2 cm³/mol. The fraction of sp³-hybridized carbons (Fsp3) is 0.824. The highest BCUT2D eigenvalue weighted by atomic mass is 16.2. The van der Waals surface area contributed by atoms with Crippen LogP contribution in [0.4, 0.5) is 0 Å². The van der Waals surface area contributed by atoms with Gasteiger partial charge in [0.05, 0.1) is 0 Å². The lowest BCUT2D eigenvalue weighted by Gasteiger charge is -2.36. The van der Waals surface area contributed by atoms with E-state index in [2.05, 4.69) is 10.2 Å². The lowest BCUT2D eigenvalue weighted by molar-refractivity contribution is -0.154. The molecule has 3 aliphatic rings. The van der Waals surface area contributed by atoms with Crippen LogP contribution in [0.5, 0.6) is 0 Å². The first-order valence-corrected chi connectivity index (χ1v) is 9.22. The van der Waals surface area contributed by atoms with Gasteiger partial charge in [-0.15, -0.1) is 0 Å². The molecule has 0 radical (unpaired) electrons. The number of fused-ring (bicyclic) bond motifs is 1. The molecule has 0 aromatic carbocycles. The Labute approximate surface area is 143 Å². The van der Waals surface area contributed by atoms with E-state index in [1.165, 1.54) is 30.6 Å². The third-order valence-corrected chi connectivity index (χ3v) is 5.28. The first kappa shape index (κ1) is 17.2. The van der Waals surface area contributed by atoms with Crippen LogP contribution in [-0.2, 0) is 14.4 Å². The number of amides is 3. The SMILES string of the molecule is O=C(CN1CC(=O)N2CCCC2C1=O)NCCN1CCCCCC1. The summed E-state index contributed by atoms with van der Waals surface area (Å²) in [5, 5.41) is 2.89. The Kier molecular flexibility index (Phi) is 5.71. The van der Waals surface area contributed by atoms with Crippen LogP contribution in [0.25, 0.3) is 0 Å². The number of carbonyl (C=O) groups is 3. The Morgan fingerprint density at radius 2 is 1.79 bits per heavy atom. The van der Waals surface area contributed by atoms with Crippen LogP contribution in [0.2, 0.25) is 0 Å². The van der Waals surface area contributed by atoms with Crippen LogP contribution in [0, 0.1) is 0 Å². The second-order valence-corrected chi connectivity index (χ2v) is 7.05. The molecule has 7 nitrogen and oxygen atoms in total. The van der Waals surface area contributed by atoms with E-state index in [0.717, 1.165) is 32.5 Å². The zero-order valence-corrected chi connectivity index (χ0v) is 14.3. The summed E-state index contributed by atoms with van der Waals surface area (Å²) in [6.45, 7) is 4.37. The average molecular weight is 336 g/mol. The van der Waals surface area contributed by atoms with Gasteiger partial charge in [-0.05, 0) is 38.8 Å². The van der Waals surface area contributed by atoms with Gasteiger partial charge in [0.2, 0.25) is 17.7 Å². The number of piperazine rings is 1. The van der Waals surface area contributed by atoms with Gasteiger partial charge < -0.3 is 20.0 Å². The lowest BCUT2D eigenvalue weighted by atomic mass is 10.1. The molecular formula is C17H28N4O3. The first-order chi connectivity index (χ1) is 11.6. The maximum atomic E-state index is 12.4. The number of rotatable bonds is 5. The molecule has 0 aromatic rings. The van der Waals surface area contributed by atoms with Gasteiger partial charge in [0, 0.05) is 19.6 Å². The molecule has 3 aliphatic heterocycles. The van der Waals surface area contributed by atoms with Crippen molar-refractivity contribution in [3.8, 4) is 0 Å². The van der Waals surface area contributed by atoms with Gasteiger partial charge in [0.25, 0.3) is 0 Å². The lowest BCUT2D eigenvalue weighted by Crippen LogP contribution is -2.59. The van der Waals surface area contributed by atoms with E-state index in [9.17, 15) is 14.4 Å². The summed E-state index contributed by atoms with van der Waals surface area (Å²) in [7, 11) is 0. The van der Waals surface area contributed by atoms with Gasteiger partial charge in [0.1, 0.15) is 19.1 Å².